The van der Waals surface area contributed by atoms with Crippen molar-refractivity contribution in [3.63, 3.8) is 0 Å². The molecule has 0 fully saturated rings. The SMILES string of the molecule is CNC(Cc1cccc(OC)c1)/C1=C/CCCCCC1. The molecule has 0 radical (unpaired) electrons. The summed E-state index contributed by atoms with van der Waals surface area (Å²) >= 11 is 0. The zero-order valence-corrected chi connectivity index (χ0v) is 12.8. The second-order valence-corrected chi connectivity index (χ2v) is 5.63. The summed E-state index contributed by atoms with van der Waals surface area (Å²) in [4.78, 5) is 0. The average molecular weight is 273 g/mol. The van der Waals surface area contributed by atoms with Gasteiger partial charge in [-0.1, -0.05) is 36.6 Å². The third-order valence-electron chi connectivity index (χ3n) is 4.20. The molecule has 0 bridgehead atoms. The van der Waals surface area contributed by atoms with Crippen LogP contribution in [-0.2, 0) is 6.42 Å². The normalized spacial score (nSPS) is 20.4. The van der Waals surface area contributed by atoms with Gasteiger partial charge in [-0.25, -0.2) is 0 Å². The van der Waals surface area contributed by atoms with E-state index in [1.54, 1.807) is 12.7 Å². The minimum Gasteiger partial charge on any atom is -0.497 e. The Morgan fingerprint density at radius 2 is 2.05 bits per heavy atom. The van der Waals surface area contributed by atoms with Crippen LogP contribution in [0.15, 0.2) is 35.9 Å². The number of allylic oxidation sites excluding steroid dienone is 1. The highest BCUT2D eigenvalue weighted by Crippen LogP contribution is 2.22. The molecule has 1 aliphatic carbocycles. The zero-order chi connectivity index (χ0) is 14.2. The van der Waals surface area contributed by atoms with Crippen molar-refractivity contribution in [2.75, 3.05) is 14.2 Å². The summed E-state index contributed by atoms with van der Waals surface area (Å²) in [6.45, 7) is 0. The highest BCUT2D eigenvalue weighted by molar-refractivity contribution is 5.30. The number of hydrogen-bond acceptors (Lipinski definition) is 2. The Balaban J connectivity index is 2.06. The number of likely N-dealkylation sites (N-methyl/N-ethyl adjacent to an activating group) is 1. The first kappa shape index (κ1) is 15.1. The average Bonchev–Trinajstić information content (AvgIpc) is 2.45. The second kappa shape index (κ2) is 8.11. The van der Waals surface area contributed by atoms with E-state index in [2.05, 4.69) is 36.6 Å². The van der Waals surface area contributed by atoms with Crippen LogP contribution in [0.2, 0.25) is 0 Å². The summed E-state index contributed by atoms with van der Waals surface area (Å²) in [6, 6.07) is 8.88. The highest BCUT2D eigenvalue weighted by Gasteiger charge is 2.14. The van der Waals surface area contributed by atoms with Gasteiger partial charge in [0, 0.05) is 6.04 Å². The second-order valence-electron chi connectivity index (χ2n) is 5.63. The van der Waals surface area contributed by atoms with Gasteiger partial charge in [0.1, 0.15) is 5.75 Å². The molecule has 1 N–H and O–H groups in total. The molecular weight excluding hydrogens is 246 g/mol. The molecule has 0 saturated heterocycles. The predicted octanol–water partition coefficient (Wildman–Crippen LogP) is 4.11. The number of rotatable bonds is 5. The molecular formula is C18H27NO. The van der Waals surface area contributed by atoms with Crippen molar-refractivity contribution in [2.24, 2.45) is 0 Å². The van der Waals surface area contributed by atoms with E-state index in [0.29, 0.717) is 6.04 Å². The lowest BCUT2D eigenvalue weighted by Crippen LogP contribution is -2.30. The van der Waals surface area contributed by atoms with Gasteiger partial charge in [0.25, 0.3) is 0 Å². The number of ether oxygens (including phenoxy) is 1. The number of benzene rings is 1. The Morgan fingerprint density at radius 3 is 2.85 bits per heavy atom. The van der Waals surface area contributed by atoms with Crippen LogP contribution in [0.4, 0.5) is 0 Å². The number of nitrogens with one attached hydrogen (secondary N) is 1. The van der Waals surface area contributed by atoms with Gasteiger partial charge < -0.3 is 10.1 Å². The van der Waals surface area contributed by atoms with E-state index >= 15 is 0 Å². The van der Waals surface area contributed by atoms with E-state index in [4.69, 9.17) is 4.74 Å². The first-order valence-corrected chi connectivity index (χ1v) is 7.82. The topological polar surface area (TPSA) is 21.3 Å². The van der Waals surface area contributed by atoms with Gasteiger partial charge in [-0.2, -0.15) is 0 Å². The van der Waals surface area contributed by atoms with E-state index in [1.807, 2.05) is 6.07 Å². The molecule has 1 unspecified atom stereocenters. The van der Waals surface area contributed by atoms with Crippen LogP contribution in [0.1, 0.15) is 44.1 Å². The van der Waals surface area contributed by atoms with Gasteiger partial charge in [0.15, 0.2) is 0 Å². The molecule has 0 aromatic heterocycles. The summed E-state index contributed by atoms with van der Waals surface area (Å²) in [5, 5.41) is 3.50. The van der Waals surface area contributed by atoms with E-state index in [-0.39, 0.29) is 0 Å². The van der Waals surface area contributed by atoms with Crippen LogP contribution in [0.25, 0.3) is 0 Å². The van der Waals surface area contributed by atoms with Gasteiger partial charge in [0.05, 0.1) is 7.11 Å². The Morgan fingerprint density at radius 1 is 1.20 bits per heavy atom. The van der Waals surface area contributed by atoms with Crippen molar-refractivity contribution in [3.8, 4) is 5.75 Å². The van der Waals surface area contributed by atoms with E-state index in [9.17, 15) is 0 Å². The minimum atomic E-state index is 0.459. The first-order chi connectivity index (χ1) is 9.83. The smallest absolute Gasteiger partial charge is 0.119 e. The molecule has 1 aromatic rings. The molecule has 0 heterocycles. The lowest BCUT2D eigenvalue weighted by Gasteiger charge is -2.22. The van der Waals surface area contributed by atoms with Gasteiger partial charge in [-0.3, -0.25) is 0 Å². The molecule has 2 heteroatoms. The Kier molecular flexibility index (Phi) is 6.13. The van der Waals surface area contributed by atoms with E-state index in [0.717, 1.165) is 12.2 Å². The Labute approximate surface area is 123 Å². The van der Waals surface area contributed by atoms with Crippen LogP contribution in [-0.4, -0.2) is 20.2 Å². The molecule has 110 valence electrons. The predicted molar refractivity (Wildman–Crippen MR) is 85.3 cm³/mol. The van der Waals surface area contributed by atoms with E-state index in [1.165, 1.54) is 44.1 Å². The van der Waals surface area contributed by atoms with Gasteiger partial charge in [-0.05, 0) is 56.8 Å². The molecule has 0 amide bonds. The van der Waals surface area contributed by atoms with Gasteiger partial charge in [-0.15, -0.1) is 0 Å². The summed E-state index contributed by atoms with van der Waals surface area (Å²) < 4.78 is 5.32. The third kappa shape index (κ3) is 4.38. The quantitative estimate of drug-likeness (QED) is 0.815. The van der Waals surface area contributed by atoms with Gasteiger partial charge in [0.2, 0.25) is 0 Å². The molecule has 0 spiro atoms. The van der Waals surface area contributed by atoms with Crippen molar-refractivity contribution >= 4 is 0 Å². The maximum Gasteiger partial charge on any atom is 0.119 e. The number of hydrogen-bond donors (Lipinski definition) is 1. The van der Waals surface area contributed by atoms with Crippen molar-refractivity contribution in [2.45, 2.75) is 51.0 Å². The minimum absolute atomic E-state index is 0.459. The molecule has 1 aliphatic rings. The largest absolute Gasteiger partial charge is 0.497 e. The molecule has 1 aromatic carbocycles. The fraction of sp³-hybridized carbons (Fsp3) is 0.556. The fourth-order valence-electron chi connectivity index (χ4n) is 2.99. The van der Waals surface area contributed by atoms with Crippen LogP contribution in [0.3, 0.4) is 0 Å². The molecule has 0 aliphatic heterocycles. The van der Waals surface area contributed by atoms with Crippen molar-refractivity contribution in [3.05, 3.63) is 41.5 Å². The van der Waals surface area contributed by atoms with Gasteiger partial charge >= 0.3 is 0 Å². The molecule has 0 saturated carbocycles. The summed E-state index contributed by atoms with van der Waals surface area (Å²) in [5.74, 6) is 0.948. The Hall–Kier alpha value is -1.28. The summed E-state index contributed by atoms with van der Waals surface area (Å²) in [5.41, 5.74) is 2.93. The van der Waals surface area contributed by atoms with Crippen molar-refractivity contribution < 1.29 is 4.74 Å². The van der Waals surface area contributed by atoms with Crippen molar-refractivity contribution in [1.82, 2.24) is 5.32 Å². The number of methoxy groups -OCH3 is 1. The Bertz CT molecular complexity index is 439. The summed E-state index contributed by atoms with van der Waals surface area (Å²) in [7, 11) is 3.80. The monoisotopic (exact) mass is 273 g/mol. The van der Waals surface area contributed by atoms with Crippen LogP contribution in [0, 0.1) is 0 Å². The first-order valence-electron chi connectivity index (χ1n) is 7.82. The van der Waals surface area contributed by atoms with Crippen LogP contribution in [0.5, 0.6) is 5.75 Å². The maximum atomic E-state index is 5.32. The fourth-order valence-corrected chi connectivity index (χ4v) is 2.99. The highest BCUT2D eigenvalue weighted by atomic mass is 16.5. The third-order valence-corrected chi connectivity index (χ3v) is 4.20. The molecule has 2 rings (SSSR count). The molecule has 1 atom stereocenters. The maximum absolute atomic E-state index is 5.32. The lowest BCUT2D eigenvalue weighted by molar-refractivity contribution is 0.414. The summed E-state index contributed by atoms with van der Waals surface area (Å²) in [6.07, 6.45) is 11.5. The zero-order valence-electron chi connectivity index (χ0n) is 12.8. The lowest BCUT2D eigenvalue weighted by atomic mass is 9.91. The molecule has 2 nitrogen and oxygen atoms in total. The van der Waals surface area contributed by atoms with E-state index < -0.39 is 0 Å². The molecule has 20 heavy (non-hydrogen) atoms. The van der Waals surface area contributed by atoms with Crippen LogP contribution < -0.4 is 10.1 Å². The van der Waals surface area contributed by atoms with Crippen molar-refractivity contribution in [1.29, 1.82) is 0 Å². The standard InChI is InChI=1S/C18H27NO/c1-19-18(16-10-6-4-3-5-7-11-16)14-15-9-8-12-17(13-15)20-2/h8-10,12-13,18-19H,3-7,11,14H2,1-2H3/b16-10+. The van der Waals surface area contributed by atoms with Crippen LogP contribution >= 0.6 is 0 Å².